The Morgan fingerprint density at radius 3 is 3.00 bits per heavy atom. The molecule has 0 spiro atoms. The van der Waals surface area contributed by atoms with Gasteiger partial charge in [0.05, 0.1) is 12.3 Å². The number of amides is 1. The lowest BCUT2D eigenvalue weighted by Crippen LogP contribution is -2.10. The van der Waals surface area contributed by atoms with Crippen molar-refractivity contribution in [3.8, 4) is 0 Å². The molecule has 2 rings (SSSR count). The number of benzene rings is 1. The van der Waals surface area contributed by atoms with E-state index in [1.54, 1.807) is 6.92 Å². The van der Waals surface area contributed by atoms with E-state index in [2.05, 4.69) is 5.32 Å². The highest BCUT2D eigenvalue weighted by Gasteiger charge is 2.17. The Morgan fingerprint density at radius 2 is 2.29 bits per heavy atom. The molecule has 0 radical (unpaired) electrons. The minimum Gasteiger partial charge on any atom is -0.481 e. The quantitative estimate of drug-likeness (QED) is 0.833. The van der Waals surface area contributed by atoms with Crippen LogP contribution in [0.5, 0.6) is 0 Å². The number of fused-ring (bicyclic) bond motifs is 1. The second kappa shape index (κ2) is 4.57. The average Bonchev–Trinajstić information content (AvgIpc) is 2.64. The minimum absolute atomic E-state index is 0.0241. The zero-order valence-corrected chi connectivity index (χ0v) is 9.69. The van der Waals surface area contributed by atoms with Gasteiger partial charge < -0.3 is 10.4 Å². The summed E-state index contributed by atoms with van der Waals surface area (Å²) in [6.07, 6.45) is 1.78. The normalized spacial score (nSPS) is 15.2. The fourth-order valence-corrected chi connectivity index (χ4v) is 1.94. The van der Waals surface area contributed by atoms with Crippen LogP contribution in [-0.4, -0.2) is 17.0 Å². The molecule has 90 valence electrons. The number of rotatable bonds is 4. The van der Waals surface area contributed by atoms with Crippen molar-refractivity contribution in [3.05, 3.63) is 29.3 Å². The summed E-state index contributed by atoms with van der Waals surface area (Å²) in [7, 11) is 0. The number of carbonyl (C=O) groups is 2. The Kier molecular flexibility index (Phi) is 3.13. The van der Waals surface area contributed by atoms with E-state index in [9.17, 15) is 9.59 Å². The number of hydrogen-bond donors (Lipinski definition) is 2. The largest absolute Gasteiger partial charge is 0.481 e. The molecule has 1 aromatic carbocycles. The summed E-state index contributed by atoms with van der Waals surface area (Å²) in [6.45, 7) is 1.71. The van der Waals surface area contributed by atoms with E-state index in [1.165, 1.54) is 0 Å². The molecule has 4 nitrogen and oxygen atoms in total. The van der Waals surface area contributed by atoms with Crippen molar-refractivity contribution in [3.63, 3.8) is 0 Å². The first-order valence-corrected chi connectivity index (χ1v) is 5.70. The van der Waals surface area contributed by atoms with E-state index in [-0.39, 0.29) is 11.8 Å². The van der Waals surface area contributed by atoms with E-state index in [0.717, 1.165) is 23.2 Å². The lowest BCUT2D eigenvalue weighted by atomic mass is 9.99. The summed E-state index contributed by atoms with van der Waals surface area (Å²) >= 11 is 0. The van der Waals surface area contributed by atoms with Crippen molar-refractivity contribution in [1.82, 2.24) is 0 Å². The topological polar surface area (TPSA) is 66.4 Å². The van der Waals surface area contributed by atoms with Crippen LogP contribution < -0.4 is 5.32 Å². The highest BCUT2D eigenvalue weighted by atomic mass is 16.4. The summed E-state index contributed by atoms with van der Waals surface area (Å²) in [5.41, 5.74) is 2.98. The maximum Gasteiger partial charge on any atom is 0.306 e. The van der Waals surface area contributed by atoms with Crippen LogP contribution in [0.15, 0.2) is 18.2 Å². The molecule has 1 unspecified atom stereocenters. The smallest absolute Gasteiger partial charge is 0.306 e. The lowest BCUT2D eigenvalue weighted by Gasteiger charge is -2.07. The van der Waals surface area contributed by atoms with Gasteiger partial charge in [0, 0.05) is 5.69 Å². The van der Waals surface area contributed by atoms with Gasteiger partial charge in [-0.25, -0.2) is 0 Å². The Balaban J connectivity index is 2.02. The van der Waals surface area contributed by atoms with E-state index < -0.39 is 5.97 Å². The monoisotopic (exact) mass is 233 g/mol. The number of hydrogen-bond acceptors (Lipinski definition) is 2. The van der Waals surface area contributed by atoms with Gasteiger partial charge in [0.25, 0.3) is 0 Å². The van der Waals surface area contributed by atoms with Gasteiger partial charge in [-0.3, -0.25) is 9.59 Å². The molecule has 1 aliphatic heterocycles. The SMILES string of the molecule is CC(CCc1ccc2c(c1)CC(=O)N2)C(=O)O. The van der Waals surface area contributed by atoms with Crippen molar-refractivity contribution < 1.29 is 14.7 Å². The Hall–Kier alpha value is -1.84. The molecule has 0 aliphatic carbocycles. The molecule has 1 heterocycles. The Labute approximate surface area is 99.6 Å². The summed E-state index contributed by atoms with van der Waals surface area (Å²) < 4.78 is 0. The highest BCUT2D eigenvalue weighted by Crippen LogP contribution is 2.24. The number of carboxylic acid groups (broad SMARTS) is 1. The third-order valence-electron chi connectivity index (χ3n) is 3.08. The fraction of sp³-hybridized carbons (Fsp3) is 0.385. The summed E-state index contributed by atoms with van der Waals surface area (Å²) in [4.78, 5) is 21.9. The molecule has 2 N–H and O–H groups in total. The molecule has 4 heteroatoms. The molecular formula is C13H15NO3. The van der Waals surface area contributed by atoms with Crippen molar-refractivity contribution in [1.29, 1.82) is 0 Å². The minimum atomic E-state index is -0.761. The van der Waals surface area contributed by atoms with Crippen LogP contribution >= 0.6 is 0 Å². The van der Waals surface area contributed by atoms with Gasteiger partial charge in [-0.15, -0.1) is 0 Å². The molecule has 1 atom stereocenters. The van der Waals surface area contributed by atoms with Crippen molar-refractivity contribution >= 4 is 17.6 Å². The highest BCUT2D eigenvalue weighted by molar-refractivity contribution is 5.99. The molecule has 0 saturated carbocycles. The van der Waals surface area contributed by atoms with E-state index in [0.29, 0.717) is 12.8 Å². The van der Waals surface area contributed by atoms with Crippen LogP contribution in [0.3, 0.4) is 0 Å². The van der Waals surface area contributed by atoms with Gasteiger partial charge in [0.2, 0.25) is 5.91 Å². The first-order chi connectivity index (χ1) is 8.06. The van der Waals surface area contributed by atoms with Crippen molar-refractivity contribution in [2.45, 2.75) is 26.2 Å². The van der Waals surface area contributed by atoms with Crippen LogP contribution in [0.1, 0.15) is 24.5 Å². The molecule has 17 heavy (non-hydrogen) atoms. The Bertz CT molecular complexity index is 468. The van der Waals surface area contributed by atoms with Gasteiger partial charge in [-0.05, 0) is 30.0 Å². The predicted molar refractivity (Wildman–Crippen MR) is 63.9 cm³/mol. The van der Waals surface area contributed by atoms with Crippen molar-refractivity contribution in [2.75, 3.05) is 5.32 Å². The van der Waals surface area contributed by atoms with Crippen LogP contribution in [-0.2, 0) is 22.4 Å². The predicted octanol–water partition coefficient (Wildman–Crippen LogP) is 1.83. The maximum atomic E-state index is 11.2. The van der Waals surface area contributed by atoms with Crippen molar-refractivity contribution in [2.24, 2.45) is 5.92 Å². The molecule has 0 aromatic heterocycles. The molecule has 0 saturated heterocycles. The molecular weight excluding hydrogens is 218 g/mol. The summed E-state index contributed by atoms with van der Waals surface area (Å²) in [6, 6.07) is 5.82. The summed E-state index contributed by atoms with van der Waals surface area (Å²) in [5.74, 6) is -1.07. The van der Waals surface area contributed by atoms with E-state index >= 15 is 0 Å². The van der Waals surface area contributed by atoms with Gasteiger partial charge in [-0.1, -0.05) is 19.1 Å². The van der Waals surface area contributed by atoms with Crippen LogP contribution in [0, 0.1) is 5.92 Å². The van der Waals surface area contributed by atoms with Crippen LogP contribution in [0.4, 0.5) is 5.69 Å². The summed E-state index contributed by atoms with van der Waals surface area (Å²) in [5, 5.41) is 11.6. The maximum absolute atomic E-state index is 11.2. The van der Waals surface area contributed by atoms with Gasteiger partial charge >= 0.3 is 5.97 Å². The fourth-order valence-electron chi connectivity index (χ4n) is 1.94. The standard InChI is InChI=1S/C13H15NO3/c1-8(13(16)17)2-3-9-4-5-11-10(6-9)7-12(15)14-11/h4-6,8H,2-3,7H2,1H3,(H,14,15)(H,16,17). The molecule has 1 amide bonds. The van der Waals surface area contributed by atoms with E-state index in [1.807, 2.05) is 18.2 Å². The number of nitrogens with one attached hydrogen (secondary N) is 1. The number of carboxylic acids is 1. The van der Waals surface area contributed by atoms with Gasteiger partial charge in [-0.2, -0.15) is 0 Å². The van der Waals surface area contributed by atoms with Gasteiger partial charge in [0.1, 0.15) is 0 Å². The number of aliphatic carboxylic acids is 1. The molecule has 1 aliphatic rings. The van der Waals surface area contributed by atoms with Gasteiger partial charge in [0.15, 0.2) is 0 Å². The zero-order valence-electron chi connectivity index (χ0n) is 9.69. The number of carbonyl (C=O) groups excluding carboxylic acids is 1. The zero-order chi connectivity index (χ0) is 12.4. The van der Waals surface area contributed by atoms with Crippen LogP contribution in [0.25, 0.3) is 0 Å². The molecule has 1 aromatic rings. The first-order valence-electron chi connectivity index (χ1n) is 5.70. The number of aryl methyl sites for hydroxylation is 1. The Morgan fingerprint density at radius 1 is 1.53 bits per heavy atom. The average molecular weight is 233 g/mol. The second-order valence-electron chi connectivity index (χ2n) is 4.49. The third-order valence-corrected chi connectivity index (χ3v) is 3.08. The first kappa shape index (κ1) is 11.6. The second-order valence-corrected chi connectivity index (χ2v) is 4.49. The number of anilines is 1. The molecule has 0 bridgehead atoms. The van der Waals surface area contributed by atoms with E-state index in [4.69, 9.17) is 5.11 Å². The third kappa shape index (κ3) is 2.64. The van der Waals surface area contributed by atoms with Crippen LogP contribution in [0.2, 0.25) is 0 Å². The molecule has 0 fully saturated rings. The lowest BCUT2D eigenvalue weighted by molar-refractivity contribution is -0.141.